The summed E-state index contributed by atoms with van der Waals surface area (Å²) in [6.07, 6.45) is 3.49. The summed E-state index contributed by atoms with van der Waals surface area (Å²) in [5.41, 5.74) is 0.739. The van der Waals surface area contributed by atoms with Crippen LogP contribution in [-0.4, -0.2) is 25.0 Å². The molecule has 20 heavy (non-hydrogen) atoms. The van der Waals surface area contributed by atoms with E-state index in [-0.39, 0.29) is 5.91 Å². The molecule has 0 aromatic heterocycles. The maximum Gasteiger partial charge on any atom is 0.251 e. The maximum atomic E-state index is 12.1. The van der Waals surface area contributed by atoms with E-state index >= 15 is 0 Å². The van der Waals surface area contributed by atoms with Gasteiger partial charge in [0, 0.05) is 18.2 Å². The number of hydrogen-bond acceptors (Lipinski definition) is 2. The van der Waals surface area contributed by atoms with Gasteiger partial charge in [-0.05, 0) is 48.7 Å². The minimum absolute atomic E-state index is 0.0220. The Morgan fingerprint density at radius 2 is 2.05 bits per heavy atom. The molecule has 1 fully saturated rings. The molecule has 1 aliphatic heterocycles. The fourth-order valence-electron chi connectivity index (χ4n) is 2.80. The second-order valence-electron chi connectivity index (χ2n) is 5.40. The first kappa shape index (κ1) is 13.1. The van der Waals surface area contributed by atoms with Gasteiger partial charge in [0.25, 0.3) is 5.91 Å². The van der Waals surface area contributed by atoms with Gasteiger partial charge < -0.3 is 10.6 Å². The third-order valence-corrected chi connectivity index (χ3v) is 3.95. The Bertz CT molecular complexity index is 603. The second-order valence-corrected chi connectivity index (χ2v) is 5.40. The number of carbonyl (C=O) groups is 1. The topological polar surface area (TPSA) is 41.1 Å². The van der Waals surface area contributed by atoms with E-state index in [1.807, 2.05) is 36.4 Å². The van der Waals surface area contributed by atoms with E-state index in [4.69, 9.17) is 0 Å². The van der Waals surface area contributed by atoms with Crippen LogP contribution in [0.3, 0.4) is 0 Å². The van der Waals surface area contributed by atoms with Crippen molar-refractivity contribution >= 4 is 16.7 Å². The van der Waals surface area contributed by atoms with Crippen molar-refractivity contribution in [2.45, 2.75) is 25.3 Å². The van der Waals surface area contributed by atoms with Crippen LogP contribution in [0, 0.1) is 0 Å². The molecule has 3 nitrogen and oxygen atoms in total. The van der Waals surface area contributed by atoms with Crippen LogP contribution < -0.4 is 10.6 Å². The van der Waals surface area contributed by atoms with E-state index in [1.165, 1.54) is 18.2 Å². The molecular formula is C17H20N2O. The van der Waals surface area contributed by atoms with Crippen molar-refractivity contribution in [3.05, 3.63) is 48.0 Å². The van der Waals surface area contributed by atoms with E-state index in [0.717, 1.165) is 30.5 Å². The maximum absolute atomic E-state index is 12.1. The van der Waals surface area contributed by atoms with Gasteiger partial charge in [-0.1, -0.05) is 30.3 Å². The van der Waals surface area contributed by atoms with Crippen molar-refractivity contribution in [3.8, 4) is 0 Å². The number of fused-ring (bicyclic) bond motifs is 1. The third kappa shape index (κ3) is 2.99. The van der Waals surface area contributed by atoms with Crippen LogP contribution in [-0.2, 0) is 0 Å². The van der Waals surface area contributed by atoms with E-state index in [2.05, 4.69) is 16.7 Å². The first-order valence-corrected chi connectivity index (χ1v) is 7.33. The molecule has 0 bridgehead atoms. The average Bonchev–Trinajstić information content (AvgIpc) is 3.00. The summed E-state index contributed by atoms with van der Waals surface area (Å²) in [6.45, 7) is 1.85. The number of carbonyl (C=O) groups excluding carboxylic acids is 1. The van der Waals surface area contributed by atoms with Crippen molar-refractivity contribution in [2.24, 2.45) is 0 Å². The number of amides is 1. The molecular weight excluding hydrogens is 248 g/mol. The lowest BCUT2D eigenvalue weighted by Gasteiger charge is -2.11. The summed E-state index contributed by atoms with van der Waals surface area (Å²) in [6, 6.07) is 14.5. The standard InChI is InChI=1S/C17H20N2O/c20-17(19-11-9-16-6-3-10-18-16)15-8-7-13-4-1-2-5-14(13)12-15/h1-2,4-5,7-8,12,16,18H,3,6,9-11H2,(H,19,20)/t16-/m0/s1. The van der Waals surface area contributed by atoms with Gasteiger partial charge in [-0.15, -0.1) is 0 Å². The van der Waals surface area contributed by atoms with Crippen LogP contribution in [0.25, 0.3) is 10.8 Å². The van der Waals surface area contributed by atoms with Gasteiger partial charge in [0.2, 0.25) is 0 Å². The molecule has 1 heterocycles. The van der Waals surface area contributed by atoms with Gasteiger partial charge in [0.1, 0.15) is 0 Å². The molecule has 0 radical (unpaired) electrons. The molecule has 2 aromatic rings. The van der Waals surface area contributed by atoms with Crippen molar-refractivity contribution in [1.82, 2.24) is 10.6 Å². The second kappa shape index (κ2) is 6.06. The molecule has 0 aliphatic carbocycles. The smallest absolute Gasteiger partial charge is 0.251 e. The summed E-state index contributed by atoms with van der Waals surface area (Å²) in [7, 11) is 0. The van der Waals surface area contributed by atoms with Gasteiger partial charge in [-0.2, -0.15) is 0 Å². The molecule has 1 aliphatic rings. The number of hydrogen-bond donors (Lipinski definition) is 2. The highest BCUT2D eigenvalue weighted by molar-refractivity contribution is 5.98. The Balaban J connectivity index is 1.60. The van der Waals surface area contributed by atoms with Gasteiger partial charge in [-0.3, -0.25) is 4.79 Å². The highest BCUT2D eigenvalue weighted by Crippen LogP contribution is 2.15. The van der Waals surface area contributed by atoms with Crippen molar-refractivity contribution in [3.63, 3.8) is 0 Å². The lowest BCUT2D eigenvalue weighted by molar-refractivity contribution is 0.0952. The summed E-state index contributed by atoms with van der Waals surface area (Å²) in [5, 5.41) is 8.73. The monoisotopic (exact) mass is 268 g/mol. The molecule has 104 valence electrons. The quantitative estimate of drug-likeness (QED) is 0.895. The van der Waals surface area contributed by atoms with Crippen LogP contribution in [0.5, 0.6) is 0 Å². The third-order valence-electron chi connectivity index (χ3n) is 3.95. The molecule has 3 rings (SSSR count). The highest BCUT2D eigenvalue weighted by atomic mass is 16.1. The summed E-state index contributed by atoms with van der Waals surface area (Å²) in [5.74, 6) is 0.0220. The summed E-state index contributed by atoms with van der Waals surface area (Å²) < 4.78 is 0. The Hall–Kier alpha value is -1.87. The highest BCUT2D eigenvalue weighted by Gasteiger charge is 2.14. The molecule has 1 atom stereocenters. The molecule has 1 amide bonds. The normalized spacial score (nSPS) is 18.3. The zero-order valence-electron chi connectivity index (χ0n) is 11.6. The molecule has 0 saturated carbocycles. The molecule has 2 N–H and O–H groups in total. The van der Waals surface area contributed by atoms with E-state index in [0.29, 0.717) is 6.04 Å². The SMILES string of the molecule is O=C(NCC[C@@H]1CCCN1)c1ccc2ccccc2c1. The predicted octanol–water partition coefficient (Wildman–Crippen LogP) is 2.71. The minimum atomic E-state index is 0.0220. The lowest BCUT2D eigenvalue weighted by Crippen LogP contribution is -2.30. The number of nitrogens with one attached hydrogen (secondary N) is 2. The number of rotatable bonds is 4. The zero-order chi connectivity index (χ0) is 13.8. The van der Waals surface area contributed by atoms with Gasteiger partial charge in [0.15, 0.2) is 0 Å². The minimum Gasteiger partial charge on any atom is -0.352 e. The van der Waals surface area contributed by atoms with Crippen LogP contribution >= 0.6 is 0 Å². The summed E-state index contributed by atoms with van der Waals surface area (Å²) in [4.78, 5) is 12.1. The Morgan fingerprint density at radius 1 is 1.20 bits per heavy atom. The molecule has 1 saturated heterocycles. The Kier molecular flexibility index (Phi) is 3.97. The van der Waals surface area contributed by atoms with Crippen molar-refractivity contribution < 1.29 is 4.79 Å². The van der Waals surface area contributed by atoms with Gasteiger partial charge >= 0.3 is 0 Å². The van der Waals surface area contributed by atoms with Crippen molar-refractivity contribution in [1.29, 1.82) is 0 Å². The molecule has 0 unspecified atom stereocenters. The fourth-order valence-corrected chi connectivity index (χ4v) is 2.80. The summed E-state index contributed by atoms with van der Waals surface area (Å²) >= 11 is 0. The van der Waals surface area contributed by atoms with Crippen LogP contribution in [0.4, 0.5) is 0 Å². The fraction of sp³-hybridized carbons (Fsp3) is 0.353. The van der Waals surface area contributed by atoms with E-state index < -0.39 is 0 Å². The van der Waals surface area contributed by atoms with E-state index in [9.17, 15) is 4.79 Å². The molecule has 3 heteroatoms. The predicted molar refractivity (Wildman–Crippen MR) is 81.9 cm³/mol. The number of benzene rings is 2. The van der Waals surface area contributed by atoms with Crippen LogP contribution in [0.15, 0.2) is 42.5 Å². The molecule has 0 spiro atoms. The van der Waals surface area contributed by atoms with Crippen LogP contribution in [0.1, 0.15) is 29.6 Å². The first-order valence-electron chi connectivity index (χ1n) is 7.33. The Morgan fingerprint density at radius 3 is 2.85 bits per heavy atom. The van der Waals surface area contributed by atoms with Crippen molar-refractivity contribution in [2.75, 3.05) is 13.1 Å². The zero-order valence-corrected chi connectivity index (χ0v) is 11.6. The Labute approximate surface area is 119 Å². The van der Waals surface area contributed by atoms with Gasteiger partial charge in [-0.25, -0.2) is 0 Å². The van der Waals surface area contributed by atoms with Crippen LogP contribution in [0.2, 0.25) is 0 Å². The van der Waals surface area contributed by atoms with E-state index in [1.54, 1.807) is 0 Å². The lowest BCUT2D eigenvalue weighted by atomic mass is 10.1. The van der Waals surface area contributed by atoms with Gasteiger partial charge in [0.05, 0.1) is 0 Å². The largest absolute Gasteiger partial charge is 0.352 e. The molecule has 2 aromatic carbocycles. The average molecular weight is 268 g/mol. The first-order chi connectivity index (χ1) is 9.83.